The molecule has 0 aliphatic heterocycles. The number of hydrogen-bond acceptors (Lipinski definition) is 5. The summed E-state index contributed by atoms with van der Waals surface area (Å²) in [6.07, 6.45) is 1.55. The van der Waals surface area contributed by atoms with E-state index in [2.05, 4.69) is 0 Å². The molecule has 3 rings (SSSR count). The van der Waals surface area contributed by atoms with E-state index in [1.807, 2.05) is 0 Å². The highest BCUT2D eigenvalue weighted by molar-refractivity contribution is 6.00. The number of methoxy groups -OCH3 is 3. The summed E-state index contributed by atoms with van der Waals surface area (Å²) in [6.45, 7) is 0. The first-order chi connectivity index (χ1) is 12.5. The van der Waals surface area contributed by atoms with E-state index in [1.54, 1.807) is 18.2 Å². The molecule has 0 amide bonds. The molecular formula is C20H21FO5. The fraction of sp³-hybridized carbons (Fsp3) is 0.350. The number of Topliss-reactive ketones (excluding diaryl/α,β-unsaturated/α-hetero) is 1. The standard InChI is InChI=1S/C20H21FO5/c1-24-17-9-12(10-18(25-2)20(17)26-3)19(23)14-6-5-13(14)11-4-7-15(21)16(22)8-11/h4,7-10,13-14,22H,5-6H2,1-3H3. The first-order valence-corrected chi connectivity index (χ1v) is 8.32. The predicted octanol–water partition coefficient (Wildman–Crippen LogP) is 3.93. The minimum atomic E-state index is -0.666. The summed E-state index contributed by atoms with van der Waals surface area (Å²) in [6, 6.07) is 7.52. The van der Waals surface area contributed by atoms with Crippen LogP contribution < -0.4 is 14.2 Å². The average Bonchev–Trinajstić information content (AvgIpc) is 2.62. The molecule has 0 spiro atoms. The Kier molecular flexibility index (Phi) is 5.02. The molecule has 0 heterocycles. The number of phenols is 1. The highest BCUT2D eigenvalue weighted by atomic mass is 19.1. The second kappa shape index (κ2) is 7.23. The third-order valence-electron chi connectivity index (χ3n) is 4.96. The molecule has 26 heavy (non-hydrogen) atoms. The highest BCUT2D eigenvalue weighted by Crippen LogP contribution is 2.46. The van der Waals surface area contributed by atoms with Gasteiger partial charge in [0.05, 0.1) is 21.3 Å². The lowest BCUT2D eigenvalue weighted by Gasteiger charge is -2.36. The summed E-state index contributed by atoms with van der Waals surface area (Å²) in [7, 11) is 4.50. The van der Waals surface area contributed by atoms with Gasteiger partial charge in [0.25, 0.3) is 0 Å². The molecule has 1 aliphatic carbocycles. The molecule has 6 heteroatoms. The van der Waals surface area contributed by atoms with E-state index in [1.165, 1.54) is 33.5 Å². The van der Waals surface area contributed by atoms with Gasteiger partial charge in [0.2, 0.25) is 5.75 Å². The van der Waals surface area contributed by atoms with Gasteiger partial charge in [-0.3, -0.25) is 4.79 Å². The quantitative estimate of drug-likeness (QED) is 0.791. The van der Waals surface area contributed by atoms with Crippen LogP contribution in [-0.4, -0.2) is 32.2 Å². The normalized spacial score (nSPS) is 18.8. The summed E-state index contributed by atoms with van der Waals surface area (Å²) in [5.41, 5.74) is 1.24. The Bertz CT molecular complexity index is 808. The number of carbonyl (C=O) groups excluding carboxylic acids is 1. The molecule has 2 unspecified atom stereocenters. The van der Waals surface area contributed by atoms with Crippen molar-refractivity contribution in [1.82, 2.24) is 0 Å². The largest absolute Gasteiger partial charge is 0.505 e. The van der Waals surface area contributed by atoms with Crippen LogP contribution in [0.3, 0.4) is 0 Å². The lowest BCUT2D eigenvalue weighted by atomic mass is 9.67. The van der Waals surface area contributed by atoms with Crippen molar-refractivity contribution in [2.75, 3.05) is 21.3 Å². The summed E-state index contributed by atoms with van der Waals surface area (Å²) in [5.74, 6) is -0.106. The fourth-order valence-electron chi connectivity index (χ4n) is 3.41. The maximum absolute atomic E-state index is 13.3. The van der Waals surface area contributed by atoms with E-state index < -0.39 is 11.6 Å². The van der Waals surface area contributed by atoms with Crippen molar-refractivity contribution in [3.05, 3.63) is 47.3 Å². The number of hydrogen-bond donors (Lipinski definition) is 1. The zero-order valence-corrected chi connectivity index (χ0v) is 14.9. The third kappa shape index (κ3) is 3.07. The second-order valence-electron chi connectivity index (χ2n) is 6.28. The summed E-state index contributed by atoms with van der Waals surface area (Å²) in [5, 5.41) is 9.60. The van der Waals surface area contributed by atoms with Crippen molar-refractivity contribution in [2.45, 2.75) is 18.8 Å². The van der Waals surface area contributed by atoms with Crippen LogP contribution in [-0.2, 0) is 0 Å². The topological polar surface area (TPSA) is 65.0 Å². The van der Waals surface area contributed by atoms with Crippen molar-refractivity contribution in [1.29, 1.82) is 0 Å². The van der Waals surface area contributed by atoms with Crippen LogP contribution in [0.2, 0.25) is 0 Å². The van der Waals surface area contributed by atoms with Gasteiger partial charge in [-0.1, -0.05) is 6.07 Å². The summed E-state index contributed by atoms with van der Waals surface area (Å²) in [4.78, 5) is 13.0. The van der Waals surface area contributed by atoms with Crippen molar-refractivity contribution < 1.29 is 28.5 Å². The Labute approximate surface area is 151 Å². The Balaban J connectivity index is 1.90. The Morgan fingerprint density at radius 1 is 1.04 bits per heavy atom. The average molecular weight is 360 g/mol. The van der Waals surface area contributed by atoms with Crippen LogP contribution in [0.4, 0.5) is 4.39 Å². The van der Waals surface area contributed by atoms with Gasteiger partial charge in [0, 0.05) is 11.5 Å². The van der Waals surface area contributed by atoms with E-state index in [0.717, 1.165) is 18.4 Å². The fourth-order valence-corrected chi connectivity index (χ4v) is 3.41. The Morgan fingerprint density at radius 3 is 2.15 bits per heavy atom. The molecule has 138 valence electrons. The molecule has 0 radical (unpaired) electrons. The smallest absolute Gasteiger partial charge is 0.203 e. The van der Waals surface area contributed by atoms with Crippen molar-refractivity contribution in [3.8, 4) is 23.0 Å². The van der Waals surface area contributed by atoms with Crippen LogP contribution in [0.25, 0.3) is 0 Å². The minimum Gasteiger partial charge on any atom is -0.505 e. The number of ketones is 1. The molecule has 1 saturated carbocycles. The third-order valence-corrected chi connectivity index (χ3v) is 4.96. The first-order valence-electron chi connectivity index (χ1n) is 8.32. The van der Waals surface area contributed by atoms with Gasteiger partial charge in [0.1, 0.15) is 0 Å². The van der Waals surface area contributed by atoms with E-state index in [-0.39, 0.29) is 17.6 Å². The van der Waals surface area contributed by atoms with Crippen LogP contribution in [0, 0.1) is 11.7 Å². The predicted molar refractivity (Wildman–Crippen MR) is 94.0 cm³/mol. The Hall–Kier alpha value is -2.76. The first kappa shape index (κ1) is 18.0. The number of benzene rings is 2. The molecule has 2 aromatic rings. The van der Waals surface area contributed by atoms with Crippen LogP contribution in [0.1, 0.15) is 34.7 Å². The molecule has 1 fully saturated rings. The van der Waals surface area contributed by atoms with Crippen molar-refractivity contribution in [2.24, 2.45) is 5.92 Å². The van der Waals surface area contributed by atoms with Gasteiger partial charge in [0.15, 0.2) is 28.8 Å². The molecule has 0 aromatic heterocycles. The number of carbonyl (C=O) groups is 1. The molecule has 1 N–H and O–H groups in total. The SMILES string of the molecule is COc1cc(C(=O)C2CCC2c2ccc(F)c(O)c2)cc(OC)c1OC. The zero-order chi connectivity index (χ0) is 18.8. The molecule has 1 aliphatic rings. The summed E-state index contributed by atoms with van der Waals surface area (Å²) < 4.78 is 29.2. The van der Waals surface area contributed by atoms with Crippen LogP contribution in [0.5, 0.6) is 23.0 Å². The maximum Gasteiger partial charge on any atom is 0.203 e. The van der Waals surface area contributed by atoms with Crippen molar-refractivity contribution in [3.63, 3.8) is 0 Å². The summed E-state index contributed by atoms with van der Waals surface area (Å²) >= 11 is 0. The molecule has 0 bridgehead atoms. The number of halogens is 1. The van der Waals surface area contributed by atoms with Crippen LogP contribution >= 0.6 is 0 Å². The second-order valence-corrected chi connectivity index (χ2v) is 6.28. The van der Waals surface area contributed by atoms with Gasteiger partial charge < -0.3 is 19.3 Å². The number of rotatable bonds is 6. The number of aromatic hydroxyl groups is 1. The lowest BCUT2D eigenvalue weighted by molar-refractivity contribution is 0.0818. The van der Waals surface area contributed by atoms with Gasteiger partial charge in [-0.05, 0) is 48.6 Å². The van der Waals surface area contributed by atoms with Gasteiger partial charge >= 0.3 is 0 Å². The molecule has 2 aromatic carbocycles. The Morgan fingerprint density at radius 2 is 1.69 bits per heavy atom. The van der Waals surface area contributed by atoms with E-state index >= 15 is 0 Å². The van der Waals surface area contributed by atoms with Gasteiger partial charge in [-0.25, -0.2) is 4.39 Å². The molecule has 5 nitrogen and oxygen atoms in total. The monoisotopic (exact) mass is 360 g/mol. The van der Waals surface area contributed by atoms with E-state index in [0.29, 0.717) is 22.8 Å². The maximum atomic E-state index is 13.3. The van der Waals surface area contributed by atoms with E-state index in [9.17, 15) is 14.3 Å². The molecular weight excluding hydrogens is 339 g/mol. The number of phenolic OH excluding ortho intramolecular Hbond substituents is 1. The zero-order valence-electron chi connectivity index (χ0n) is 14.9. The highest BCUT2D eigenvalue weighted by Gasteiger charge is 2.38. The molecule has 0 saturated heterocycles. The van der Waals surface area contributed by atoms with E-state index in [4.69, 9.17) is 14.2 Å². The number of ether oxygens (including phenoxy) is 3. The van der Waals surface area contributed by atoms with Crippen molar-refractivity contribution >= 4 is 5.78 Å². The van der Waals surface area contributed by atoms with Gasteiger partial charge in [-0.2, -0.15) is 0 Å². The minimum absolute atomic E-state index is 0.0377. The van der Waals surface area contributed by atoms with Gasteiger partial charge in [-0.15, -0.1) is 0 Å². The molecule has 2 atom stereocenters. The lowest BCUT2D eigenvalue weighted by Crippen LogP contribution is -2.31. The van der Waals surface area contributed by atoms with Crippen LogP contribution in [0.15, 0.2) is 30.3 Å².